The number of nitriles is 1. The molecule has 0 amide bonds. The minimum absolute atomic E-state index is 0.137. The average molecular weight is 327 g/mol. The Kier molecular flexibility index (Phi) is 4.79. The van der Waals surface area contributed by atoms with Crippen molar-refractivity contribution in [3.05, 3.63) is 77.6 Å². The molecule has 0 atom stereocenters. The van der Waals surface area contributed by atoms with Crippen LogP contribution in [0.2, 0.25) is 0 Å². The number of hydrogen-bond acceptors (Lipinski definition) is 2. The van der Waals surface area contributed by atoms with Crippen molar-refractivity contribution < 1.29 is 9.13 Å². The zero-order valence-electron chi connectivity index (χ0n) is 13.4. The molecule has 25 heavy (non-hydrogen) atoms. The normalized spacial score (nSPS) is 10.9. The van der Waals surface area contributed by atoms with Crippen LogP contribution in [0.4, 0.5) is 4.39 Å². The highest BCUT2D eigenvalue weighted by atomic mass is 19.1. The molecule has 0 heterocycles. The van der Waals surface area contributed by atoms with Crippen molar-refractivity contribution in [3.8, 4) is 24.2 Å². The second kappa shape index (κ2) is 7.34. The van der Waals surface area contributed by atoms with Gasteiger partial charge in [0.15, 0.2) is 0 Å². The van der Waals surface area contributed by atoms with Gasteiger partial charge < -0.3 is 4.74 Å². The lowest BCUT2D eigenvalue weighted by molar-refractivity contribution is 0.370. The first-order chi connectivity index (χ1) is 12.2. The molecule has 3 aromatic rings. The highest BCUT2D eigenvalue weighted by molar-refractivity contribution is 6.00. The van der Waals surface area contributed by atoms with E-state index in [1.54, 1.807) is 18.2 Å². The summed E-state index contributed by atoms with van der Waals surface area (Å²) in [6, 6.07) is 19.6. The number of allylic oxidation sites excluding steroid dienone is 1. The quantitative estimate of drug-likeness (QED) is 0.381. The standard InChI is InChI=1S/C22H14FNO/c1-2-13-25-22-12-9-17-5-3-4-6-20(17)21(22)14-18(15-24)16-7-10-19(23)11-8-16/h1,3-12,14H,13H2/b18-14+. The van der Waals surface area contributed by atoms with Crippen LogP contribution in [0.3, 0.4) is 0 Å². The van der Waals surface area contributed by atoms with Crippen LogP contribution in [-0.2, 0) is 0 Å². The van der Waals surface area contributed by atoms with E-state index in [2.05, 4.69) is 12.0 Å². The van der Waals surface area contributed by atoms with Crippen molar-refractivity contribution in [3.63, 3.8) is 0 Å². The van der Waals surface area contributed by atoms with E-state index in [1.807, 2.05) is 36.4 Å². The second-order valence-electron chi connectivity index (χ2n) is 5.37. The average Bonchev–Trinajstić information content (AvgIpc) is 2.65. The van der Waals surface area contributed by atoms with Crippen LogP contribution in [-0.4, -0.2) is 6.61 Å². The molecule has 0 aliphatic rings. The maximum absolute atomic E-state index is 13.2. The maximum Gasteiger partial charge on any atom is 0.148 e. The molecule has 0 bridgehead atoms. The van der Waals surface area contributed by atoms with Gasteiger partial charge in [-0.2, -0.15) is 5.26 Å². The number of rotatable bonds is 4. The number of hydrogen-bond donors (Lipinski definition) is 0. The summed E-state index contributed by atoms with van der Waals surface area (Å²) in [5.41, 5.74) is 1.83. The third-order valence-corrected chi connectivity index (χ3v) is 3.81. The van der Waals surface area contributed by atoms with Gasteiger partial charge in [0.1, 0.15) is 18.2 Å². The summed E-state index contributed by atoms with van der Waals surface area (Å²) in [5.74, 6) is 2.71. The largest absolute Gasteiger partial charge is 0.480 e. The van der Waals surface area contributed by atoms with Crippen molar-refractivity contribution in [1.82, 2.24) is 0 Å². The first kappa shape index (κ1) is 16.3. The van der Waals surface area contributed by atoms with Crippen LogP contribution in [0.15, 0.2) is 60.7 Å². The monoisotopic (exact) mass is 327 g/mol. The van der Waals surface area contributed by atoms with Crippen LogP contribution in [0.1, 0.15) is 11.1 Å². The Balaban J connectivity index is 2.19. The maximum atomic E-state index is 13.2. The molecule has 0 N–H and O–H groups in total. The number of fused-ring (bicyclic) bond motifs is 1. The van der Waals surface area contributed by atoms with Gasteiger partial charge in [-0.05, 0) is 40.6 Å². The Morgan fingerprint density at radius 1 is 1.08 bits per heavy atom. The fourth-order valence-electron chi connectivity index (χ4n) is 2.62. The molecular weight excluding hydrogens is 313 g/mol. The smallest absolute Gasteiger partial charge is 0.148 e. The Morgan fingerprint density at radius 2 is 1.84 bits per heavy atom. The van der Waals surface area contributed by atoms with Gasteiger partial charge in [-0.15, -0.1) is 6.42 Å². The number of nitrogens with zero attached hydrogens (tertiary/aromatic N) is 1. The van der Waals surface area contributed by atoms with Crippen LogP contribution in [0, 0.1) is 29.5 Å². The van der Waals surface area contributed by atoms with Crippen LogP contribution >= 0.6 is 0 Å². The molecule has 3 aromatic carbocycles. The van der Waals surface area contributed by atoms with E-state index in [4.69, 9.17) is 11.2 Å². The van der Waals surface area contributed by atoms with E-state index >= 15 is 0 Å². The molecule has 3 rings (SSSR count). The van der Waals surface area contributed by atoms with Gasteiger partial charge in [0, 0.05) is 5.56 Å². The number of terminal acetylenes is 1. The molecule has 0 spiro atoms. The summed E-state index contributed by atoms with van der Waals surface area (Å²) in [5, 5.41) is 11.5. The summed E-state index contributed by atoms with van der Waals surface area (Å²) in [6.45, 7) is 0.137. The van der Waals surface area contributed by atoms with E-state index < -0.39 is 0 Å². The summed E-state index contributed by atoms with van der Waals surface area (Å²) >= 11 is 0. The molecule has 0 aromatic heterocycles. The van der Waals surface area contributed by atoms with Gasteiger partial charge in [0.25, 0.3) is 0 Å². The van der Waals surface area contributed by atoms with Gasteiger partial charge in [-0.1, -0.05) is 48.4 Å². The van der Waals surface area contributed by atoms with Gasteiger partial charge >= 0.3 is 0 Å². The van der Waals surface area contributed by atoms with Gasteiger partial charge in [0.2, 0.25) is 0 Å². The minimum Gasteiger partial charge on any atom is -0.480 e. The molecule has 120 valence electrons. The Labute approximate surface area is 145 Å². The summed E-state index contributed by atoms with van der Waals surface area (Å²) < 4.78 is 18.8. The van der Waals surface area contributed by atoms with Crippen molar-refractivity contribution in [2.24, 2.45) is 0 Å². The van der Waals surface area contributed by atoms with Gasteiger partial charge in [0.05, 0.1) is 11.6 Å². The zero-order valence-corrected chi connectivity index (χ0v) is 13.4. The second-order valence-corrected chi connectivity index (χ2v) is 5.37. The van der Waals surface area contributed by atoms with Crippen molar-refractivity contribution in [2.45, 2.75) is 0 Å². The molecule has 0 saturated heterocycles. The Hall–Kier alpha value is -3.56. The summed E-state index contributed by atoms with van der Waals surface area (Å²) in [6.07, 6.45) is 7.04. The van der Waals surface area contributed by atoms with Crippen LogP contribution in [0.25, 0.3) is 22.4 Å². The highest BCUT2D eigenvalue weighted by Crippen LogP contribution is 2.32. The molecule has 0 unspecified atom stereocenters. The lowest BCUT2D eigenvalue weighted by Crippen LogP contribution is -1.96. The lowest BCUT2D eigenvalue weighted by atomic mass is 9.98. The Bertz CT molecular complexity index is 1020. The first-order valence-electron chi connectivity index (χ1n) is 7.68. The minimum atomic E-state index is -0.343. The zero-order chi connectivity index (χ0) is 17.6. The SMILES string of the molecule is C#CCOc1ccc2ccccc2c1/C=C(\C#N)c1ccc(F)cc1. The third-order valence-electron chi connectivity index (χ3n) is 3.81. The fraction of sp³-hybridized carbons (Fsp3) is 0.0455. The third kappa shape index (κ3) is 3.52. The highest BCUT2D eigenvalue weighted by Gasteiger charge is 2.09. The van der Waals surface area contributed by atoms with E-state index in [-0.39, 0.29) is 12.4 Å². The predicted molar refractivity (Wildman–Crippen MR) is 98.2 cm³/mol. The van der Waals surface area contributed by atoms with E-state index in [0.717, 1.165) is 16.3 Å². The topological polar surface area (TPSA) is 33.0 Å². The van der Waals surface area contributed by atoms with Crippen molar-refractivity contribution >= 4 is 22.4 Å². The predicted octanol–water partition coefficient (Wildman–Crippen LogP) is 5.06. The summed E-state index contributed by atoms with van der Waals surface area (Å²) in [7, 11) is 0. The lowest BCUT2D eigenvalue weighted by Gasteiger charge is -2.11. The summed E-state index contributed by atoms with van der Waals surface area (Å²) in [4.78, 5) is 0. The van der Waals surface area contributed by atoms with Crippen LogP contribution < -0.4 is 4.74 Å². The molecular formula is C22H14FNO. The van der Waals surface area contributed by atoms with Crippen LogP contribution in [0.5, 0.6) is 5.75 Å². The Morgan fingerprint density at radius 3 is 2.56 bits per heavy atom. The number of ether oxygens (including phenoxy) is 1. The fourth-order valence-corrected chi connectivity index (χ4v) is 2.62. The van der Waals surface area contributed by atoms with Gasteiger partial charge in [-0.3, -0.25) is 0 Å². The van der Waals surface area contributed by atoms with Crippen molar-refractivity contribution in [2.75, 3.05) is 6.61 Å². The molecule has 3 heteroatoms. The number of benzene rings is 3. The van der Waals surface area contributed by atoms with E-state index in [1.165, 1.54) is 12.1 Å². The van der Waals surface area contributed by atoms with Gasteiger partial charge in [-0.25, -0.2) is 4.39 Å². The van der Waals surface area contributed by atoms with E-state index in [0.29, 0.717) is 16.9 Å². The molecule has 0 radical (unpaired) electrons. The molecule has 0 fully saturated rings. The molecule has 0 saturated carbocycles. The molecule has 0 aliphatic heterocycles. The molecule has 0 aliphatic carbocycles. The van der Waals surface area contributed by atoms with Crippen molar-refractivity contribution in [1.29, 1.82) is 5.26 Å². The first-order valence-corrected chi connectivity index (χ1v) is 7.68. The molecule has 2 nitrogen and oxygen atoms in total. The van der Waals surface area contributed by atoms with E-state index in [9.17, 15) is 9.65 Å². The number of halogens is 1.